The number of hydrogen-bond donors (Lipinski definition) is 1. The summed E-state index contributed by atoms with van der Waals surface area (Å²) in [4.78, 5) is 4.30. The van der Waals surface area contributed by atoms with Gasteiger partial charge < -0.3 is 5.73 Å². The Hall–Kier alpha value is -1.84. The number of rotatable bonds is 1. The summed E-state index contributed by atoms with van der Waals surface area (Å²) in [6, 6.07) is 3.81. The Bertz CT molecular complexity index is 459. The third kappa shape index (κ3) is 1.35. The van der Waals surface area contributed by atoms with Crippen LogP contribution in [0.25, 0.3) is 11.4 Å². The van der Waals surface area contributed by atoms with E-state index in [2.05, 4.69) is 10.1 Å². The number of pyridine rings is 1. The summed E-state index contributed by atoms with van der Waals surface area (Å²) in [7, 11) is 1.87. The molecular formula is C10H12N4. The average molecular weight is 188 g/mol. The van der Waals surface area contributed by atoms with Crippen molar-refractivity contribution in [1.29, 1.82) is 0 Å². The maximum absolute atomic E-state index is 5.88. The first-order chi connectivity index (χ1) is 6.68. The van der Waals surface area contributed by atoms with Gasteiger partial charge in [-0.25, -0.2) is 0 Å². The zero-order chi connectivity index (χ0) is 10.1. The third-order valence-electron chi connectivity index (χ3n) is 2.12. The van der Waals surface area contributed by atoms with E-state index in [1.165, 1.54) is 0 Å². The summed E-state index contributed by atoms with van der Waals surface area (Å²) in [6.45, 7) is 1.97. The summed E-state index contributed by atoms with van der Waals surface area (Å²) in [5, 5.41) is 4.08. The molecule has 0 spiro atoms. The minimum Gasteiger partial charge on any atom is -0.397 e. The molecule has 0 bridgehead atoms. The summed E-state index contributed by atoms with van der Waals surface area (Å²) in [5.41, 5.74) is 9.35. The largest absolute Gasteiger partial charge is 0.397 e. The Morgan fingerprint density at radius 3 is 2.79 bits per heavy atom. The molecule has 0 aliphatic rings. The van der Waals surface area contributed by atoms with Crippen LogP contribution in [0.5, 0.6) is 0 Å². The number of aryl methyl sites for hydroxylation is 2. The van der Waals surface area contributed by atoms with Crippen molar-refractivity contribution >= 4 is 5.69 Å². The molecule has 0 unspecified atom stereocenters. The fourth-order valence-corrected chi connectivity index (χ4v) is 1.41. The molecule has 0 fully saturated rings. The van der Waals surface area contributed by atoms with Gasteiger partial charge in [-0.2, -0.15) is 5.10 Å². The first kappa shape index (κ1) is 8.74. The average Bonchev–Trinajstić information content (AvgIpc) is 2.52. The number of nitrogens with two attached hydrogens (primary N) is 1. The van der Waals surface area contributed by atoms with Crippen molar-refractivity contribution in [3.05, 3.63) is 30.1 Å². The lowest BCUT2D eigenvalue weighted by Gasteiger charge is -2.05. The van der Waals surface area contributed by atoms with Gasteiger partial charge >= 0.3 is 0 Å². The highest BCUT2D eigenvalue weighted by molar-refractivity contribution is 5.69. The first-order valence-electron chi connectivity index (χ1n) is 4.39. The van der Waals surface area contributed by atoms with Gasteiger partial charge in [-0.1, -0.05) is 0 Å². The minimum atomic E-state index is 0.689. The second kappa shape index (κ2) is 3.14. The van der Waals surface area contributed by atoms with Gasteiger partial charge in [0.1, 0.15) is 5.69 Å². The van der Waals surface area contributed by atoms with E-state index in [0.717, 1.165) is 17.0 Å². The van der Waals surface area contributed by atoms with E-state index in [1.54, 1.807) is 17.1 Å². The highest BCUT2D eigenvalue weighted by Gasteiger charge is 2.07. The van der Waals surface area contributed by atoms with Gasteiger partial charge in [0.05, 0.1) is 11.4 Å². The standard InChI is InChI=1S/C10H12N4/c1-7-5-8(11)10(12-6-7)9-3-4-13-14(9)2/h3-6H,11H2,1-2H3. The molecule has 0 aliphatic carbocycles. The summed E-state index contributed by atoms with van der Waals surface area (Å²) in [5.74, 6) is 0. The van der Waals surface area contributed by atoms with Crippen molar-refractivity contribution in [3.8, 4) is 11.4 Å². The maximum atomic E-state index is 5.88. The monoisotopic (exact) mass is 188 g/mol. The molecule has 0 aliphatic heterocycles. The molecule has 2 aromatic heterocycles. The van der Waals surface area contributed by atoms with Gasteiger partial charge in [0.2, 0.25) is 0 Å². The van der Waals surface area contributed by atoms with E-state index in [0.29, 0.717) is 5.69 Å². The van der Waals surface area contributed by atoms with Crippen LogP contribution in [0, 0.1) is 6.92 Å². The Kier molecular flexibility index (Phi) is 1.96. The summed E-state index contributed by atoms with van der Waals surface area (Å²) >= 11 is 0. The topological polar surface area (TPSA) is 56.7 Å². The van der Waals surface area contributed by atoms with E-state index in [4.69, 9.17) is 5.73 Å². The van der Waals surface area contributed by atoms with Crippen LogP contribution in [-0.2, 0) is 7.05 Å². The Balaban J connectivity index is 2.58. The zero-order valence-electron chi connectivity index (χ0n) is 8.23. The predicted octanol–water partition coefficient (Wildman–Crippen LogP) is 1.37. The smallest absolute Gasteiger partial charge is 0.111 e. The van der Waals surface area contributed by atoms with E-state index < -0.39 is 0 Å². The fourth-order valence-electron chi connectivity index (χ4n) is 1.41. The van der Waals surface area contributed by atoms with Crippen molar-refractivity contribution in [2.75, 3.05) is 5.73 Å². The van der Waals surface area contributed by atoms with E-state index in [-0.39, 0.29) is 0 Å². The molecule has 4 nitrogen and oxygen atoms in total. The molecule has 0 amide bonds. The van der Waals surface area contributed by atoms with E-state index >= 15 is 0 Å². The van der Waals surface area contributed by atoms with Gasteiger partial charge in [-0.15, -0.1) is 0 Å². The summed E-state index contributed by atoms with van der Waals surface area (Å²) < 4.78 is 1.76. The minimum absolute atomic E-state index is 0.689. The van der Waals surface area contributed by atoms with Crippen molar-refractivity contribution in [1.82, 2.24) is 14.8 Å². The second-order valence-corrected chi connectivity index (χ2v) is 3.29. The number of nitrogens with zero attached hydrogens (tertiary/aromatic N) is 3. The lowest BCUT2D eigenvalue weighted by Crippen LogP contribution is -1.99. The summed E-state index contributed by atoms with van der Waals surface area (Å²) in [6.07, 6.45) is 3.54. The van der Waals surface area contributed by atoms with Gasteiger partial charge in [0.15, 0.2) is 0 Å². The molecule has 0 radical (unpaired) electrons. The van der Waals surface area contributed by atoms with Gasteiger partial charge in [-0.3, -0.25) is 9.67 Å². The Labute approximate surface area is 82.4 Å². The maximum Gasteiger partial charge on any atom is 0.111 e. The highest BCUT2D eigenvalue weighted by Crippen LogP contribution is 2.22. The normalized spacial score (nSPS) is 10.4. The molecule has 4 heteroatoms. The molecule has 0 saturated carbocycles. The number of hydrogen-bond acceptors (Lipinski definition) is 3. The number of anilines is 1. The lowest BCUT2D eigenvalue weighted by atomic mass is 10.2. The molecule has 14 heavy (non-hydrogen) atoms. The third-order valence-corrected chi connectivity index (χ3v) is 2.12. The molecule has 0 aromatic carbocycles. The van der Waals surface area contributed by atoms with Crippen molar-refractivity contribution < 1.29 is 0 Å². The van der Waals surface area contributed by atoms with Crippen LogP contribution in [-0.4, -0.2) is 14.8 Å². The highest BCUT2D eigenvalue weighted by atomic mass is 15.3. The molecule has 2 rings (SSSR count). The zero-order valence-corrected chi connectivity index (χ0v) is 8.23. The van der Waals surface area contributed by atoms with Gasteiger partial charge in [0.25, 0.3) is 0 Å². The molecule has 72 valence electrons. The lowest BCUT2D eigenvalue weighted by molar-refractivity contribution is 0.773. The Morgan fingerprint density at radius 2 is 2.21 bits per heavy atom. The Morgan fingerprint density at radius 1 is 1.43 bits per heavy atom. The van der Waals surface area contributed by atoms with Crippen LogP contribution in [0.15, 0.2) is 24.5 Å². The first-order valence-corrected chi connectivity index (χ1v) is 4.39. The van der Waals surface area contributed by atoms with Crippen molar-refractivity contribution in [2.24, 2.45) is 7.05 Å². The fraction of sp³-hybridized carbons (Fsp3) is 0.200. The second-order valence-electron chi connectivity index (χ2n) is 3.29. The molecule has 0 atom stereocenters. The molecule has 0 saturated heterocycles. The van der Waals surface area contributed by atoms with Gasteiger partial charge in [-0.05, 0) is 24.6 Å². The van der Waals surface area contributed by atoms with Crippen LogP contribution < -0.4 is 5.73 Å². The SMILES string of the molecule is Cc1cnc(-c2ccnn2C)c(N)c1. The van der Waals surface area contributed by atoms with Crippen LogP contribution in [0.2, 0.25) is 0 Å². The predicted molar refractivity (Wildman–Crippen MR) is 55.6 cm³/mol. The number of aromatic nitrogens is 3. The molecule has 2 N–H and O–H groups in total. The molecule has 2 heterocycles. The molecular weight excluding hydrogens is 176 g/mol. The van der Waals surface area contributed by atoms with Crippen molar-refractivity contribution in [2.45, 2.75) is 6.92 Å². The van der Waals surface area contributed by atoms with Crippen LogP contribution in [0.1, 0.15) is 5.56 Å². The molecule has 2 aromatic rings. The van der Waals surface area contributed by atoms with Crippen LogP contribution in [0.3, 0.4) is 0 Å². The van der Waals surface area contributed by atoms with E-state index in [9.17, 15) is 0 Å². The van der Waals surface area contributed by atoms with Crippen LogP contribution >= 0.6 is 0 Å². The van der Waals surface area contributed by atoms with Gasteiger partial charge in [0, 0.05) is 19.4 Å². The van der Waals surface area contributed by atoms with E-state index in [1.807, 2.05) is 26.1 Å². The number of nitrogen functional groups attached to an aromatic ring is 1. The van der Waals surface area contributed by atoms with Crippen LogP contribution in [0.4, 0.5) is 5.69 Å². The van der Waals surface area contributed by atoms with Crippen molar-refractivity contribution in [3.63, 3.8) is 0 Å². The quantitative estimate of drug-likeness (QED) is 0.735.